The van der Waals surface area contributed by atoms with Crippen molar-refractivity contribution in [3.05, 3.63) is 63.2 Å². The zero-order valence-electron chi connectivity index (χ0n) is 13.1. The molecule has 2 aromatic carbocycles. The van der Waals surface area contributed by atoms with E-state index in [0.29, 0.717) is 17.3 Å². The summed E-state index contributed by atoms with van der Waals surface area (Å²) in [4.78, 5) is 12.7. The Morgan fingerprint density at radius 3 is 2.50 bits per heavy atom. The average Bonchev–Trinajstić information content (AvgIpc) is 2.62. The highest BCUT2D eigenvalue weighted by Crippen LogP contribution is 2.27. The monoisotopic (exact) mass is 363 g/mol. The van der Waals surface area contributed by atoms with E-state index < -0.39 is 4.92 Å². The summed E-state index contributed by atoms with van der Waals surface area (Å²) < 4.78 is 0. The highest BCUT2D eigenvalue weighted by molar-refractivity contribution is 7.99. The number of non-ortho nitro benzene ring substituents is 1. The number of nitrogens with one attached hydrogen (secondary N) is 1. The molecule has 7 heteroatoms. The average molecular weight is 364 g/mol. The van der Waals surface area contributed by atoms with E-state index in [1.54, 1.807) is 6.07 Å². The van der Waals surface area contributed by atoms with Gasteiger partial charge in [-0.2, -0.15) is 11.8 Å². The molecule has 0 amide bonds. The van der Waals surface area contributed by atoms with Crippen molar-refractivity contribution in [2.24, 2.45) is 0 Å². The number of nitro benzene ring substituents is 1. The molecule has 1 aliphatic heterocycles. The second-order valence-corrected chi connectivity index (χ2v) is 7.17. The van der Waals surface area contributed by atoms with E-state index in [-0.39, 0.29) is 5.69 Å². The molecule has 5 nitrogen and oxygen atoms in total. The van der Waals surface area contributed by atoms with Crippen LogP contribution in [0.3, 0.4) is 0 Å². The summed E-state index contributed by atoms with van der Waals surface area (Å²) in [5.74, 6) is 2.36. The van der Waals surface area contributed by atoms with Crippen molar-refractivity contribution >= 4 is 40.4 Å². The first-order chi connectivity index (χ1) is 11.6. The maximum atomic E-state index is 10.7. The predicted octanol–water partition coefficient (Wildman–Crippen LogP) is 4.41. The third-order valence-corrected chi connectivity index (χ3v) is 5.21. The maximum Gasteiger partial charge on any atom is 0.271 e. The minimum atomic E-state index is -0.451. The van der Waals surface area contributed by atoms with Gasteiger partial charge in [-0.3, -0.25) is 10.1 Å². The molecule has 0 atom stereocenters. The first-order valence-corrected chi connectivity index (χ1v) is 9.26. The lowest BCUT2D eigenvalue weighted by Gasteiger charge is -2.28. The molecule has 1 heterocycles. The second-order valence-electron chi connectivity index (χ2n) is 5.54. The summed E-state index contributed by atoms with van der Waals surface area (Å²) in [6.45, 7) is 2.81. The molecule has 3 rings (SSSR count). The molecule has 0 aliphatic carbocycles. The third-order valence-electron chi connectivity index (χ3n) is 3.96. The van der Waals surface area contributed by atoms with E-state index >= 15 is 0 Å². The van der Waals surface area contributed by atoms with Crippen molar-refractivity contribution in [1.82, 2.24) is 0 Å². The van der Waals surface area contributed by atoms with Crippen molar-refractivity contribution in [1.29, 1.82) is 0 Å². The maximum absolute atomic E-state index is 10.7. The summed E-state index contributed by atoms with van der Waals surface area (Å²) in [5, 5.41) is 14.3. The summed E-state index contributed by atoms with van der Waals surface area (Å²) in [6, 6.07) is 12.9. The van der Waals surface area contributed by atoms with Crippen molar-refractivity contribution in [3.63, 3.8) is 0 Å². The minimum Gasteiger partial charge on any atom is -0.380 e. The van der Waals surface area contributed by atoms with Gasteiger partial charge in [-0.1, -0.05) is 23.7 Å². The first-order valence-electron chi connectivity index (χ1n) is 7.73. The SMILES string of the molecule is O=[N+]([O-])c1ccc(NCc2ccc(N3CCSCC3)cc2)c(Cl)c1. The Labute approximate surface area is 150 Å². The Balaban J connectivity index is 1.61. The number of benzene rings is 2. The summed E-state index contributed by atoms with van der Waals surface area (Å²) in [7, 11) is 0. The smallest absolute Gasteiger partial charge is 0.271 e. The van der Waals surface area contributed by atoms with Gasteiger partial charge in [0.05, 0.1) is 15.6 Å². The molecule has 1 N–H and O–H groups in total. The van der Waals surface area contributed by atoms with E-state index in [9.17, 15) is 10.1 Å². The number of nitrogens with zero attached hydrogens (tertiary/aromatic N) is 2. The molecule has 0 bridgehead atoms. The molecule has 0 saturated carbocycles. The van der Waals surface area contributed by atoms with Crippen LogP contribution >= 0.6 is 23.4 Å². The zero-order valence-corrected chi connectivity index (χ0v) is 14.6. The fourth-order valence-corrected chi connectivity index (χ4v) is 3.75. The van der Waals surface area contributed by atoms with Crippen molar-refractivity contribution in [3.8, 4) is 0 Å². The number of rotatable bonds is 5. The minimum absolute atomic E-state index is 0.00500. The van der Waals surface area contributed by atoms with Crippen LogP contribution in [-0.4, -0.2) is 29.5 Å². The molecular formula is C17H18ClN3O2S. The van der Waals surface area contributed by atoms with Gasteiger partial charge in [-0.25, -0.2) is 0 Å². The largest absolute Gasteiger partial charge is 0.380 e. The van der Waals surface area contributed by atoms with Gasteiger partial charge in [0, 0.05) is 49.0 Å². The van der Waals surface area contributed by atoms with Crippen LogP contribution in [0, 0.1) is 10.1 Å². The van der Waals surface area contributed by atoms with E-state index in [1.165, 1.54) is 29.3 Å². The fourth-order valence-electron chi connectivity index (χ4n) is 2.60. The van der Waals surface area contributed by atoms with Crippen LogP contribution in [0.2, 0.25) is 5.02 Å². The highest BCUT2D eigenvalue weighted by Gasteiger charge is 2.11. The lowest BCUT2D eigenvalue weighted by Crippen LogP contribution is -2.32. The molecule has 1 saturated heterocycles. The van der Waals surface area contributed by atoms with Crippen molar-refractivity contribution in [2.45, 2.75) is 6.54 Å². The molecule has 1 aliphatic rings. The van der Waals surface area contributed by atoms with Crippen molar-refractivity contribution < 1.29 is 4.92 Å². The fraction of sp³-hybridized carbons (Fsp3) is 0.294. The Hall–Kier alpha value is -1.92. The van der Waals surface area contributed by atoms with Gasteiger partial charge in [0.2, 0.25) is 0 Å². The molecule has 0 radical (unpaired) electrons. The number of hydrogen-bond donors (Lipinski definition) is 1. The van der Waals surface area contributed by atoms with E-state index in [4.69, 9.17) is 11.6 Å². The second kappa shape index (κ2) is 7.77. The zero-order chi connectivity index (χ0) is 16.9. The standard InChI is InChI=1S/C17H18ClN3O2S/c18-16-11-15(21(22)23)5-6-17(16)19-12-13-1-3-14(4-2-13)20-7-9-24-10-8-20/h1-6,11,19H,7-10,12H2. The third kappa shape index (κ3) is 4.13. The molecule has 126 valence electrons. The van der Waals surface area contributed by atoms with E-state index in [0.717, 1.165) is 18.7 Å². The van der Waals surface area contributed by atoms with Gasteiger partial charge in [-0.15, -0.1) is 0 Å². The Morgan fingerprint density at radius 2 is 1.88 bits per heavy atom. The van der Waals surface area contributed by atoms with Crippen LogP contribution in [0.15, 0.2) is 42.5 Å². The molecule has 2 aromatic rings. The number of thioether (sulfide) groups is 1. The lowest BCUT2D eigenvalue weighted by molar-refractivity contribution is -0.384. The molecule has 1 fully saturated rings. The van der Waals surface area contributed by atoms with Gasteiger partial charge >= 0.3 is 0 Å². The van der Waals surface area contributed by atoms with Gasteiger partial charge < -0.3 is 10.2 Å². The molecule has 24 heavy (non-hydrogen) atoms. The Kier molecular flexibility index (Phi) is 5.48. The molecule has 0 unspecified atom stereocenters. The summed E-state index contributed by atoms with van der Waals surface area (Å²) in [5.41, 5.74) is 3.08. The van der Waals surface area contributed by atoms with Gasteiger partial charge in [0.15, 0.2) is 0 Å². The molecular weight excluding hydrogens is 346 g/mol. The lowest BCUT2D eigenvalue weighted by atomic mass is 10.2. The number of halogens is 1. The van der Waals surface area contributed by atoms with Crippen molar-refractivity contribution in [2.75, 3.05) is 34.8 Å². The highest BCUT2D eigenvalue weighted by atomic mass is 35.5. The first kappa shape index (κ1) is 16.9. The number of anilines is 2. The Morgan fingerprint density at radius 1 is 1.17 bits per heavy atom. The van der Waals surface area contributed by atoms with Crippen LogP contribution in [0.4, 0.5) is 17.1 Å². The van der Waals surface area contributed by atoms with E-state index in [2.05, 4.69) is 34.5 Å². The summed E-state index contributed by atoms with van der Waals surface area (Å²) >= 11 is 8.09. The quantitative estimate of drug-likeness (QED) is 0.629. The number of nitro groups is 1. The Bertz CT molecular complexity index is 718. The van der Waals surface area contributed by atoms with Crippen LogP contribution in [0.25, 0.3) is 0 Å². The van der Waals surface area contributed by atoms with E-state index in [1.807, 2.05) is 11.8 Å². The topological polar surface area (TPSA) is 58.4 Å². The number of hydrogen-bond acceptors (Lipinski definition) is 5. The van der Waals surface area contributed by atoms with Crippen LogP contribution in [0.5, 0.6) is 0 Å². The predicted molar refractivity (Wildman–Crippen MR) is 101 cm³/mol. The van der Waals surface area contributed by atoms with Crippen LogP contribution in [0.1, 0.15) is 5.56 Å². The van der Waals surface area contributed by atoms with Gasteiger partial charge in [-0.05, 0) is 23.8 Å². The molecule has 0 aromatic heterocycles. The normalized spacial score (nSPS) is 14.5. The van der Waals surface area contributed by atoms with Gasteiger partial charge in [0.1, 0.15) is 0 Å². The molecule has 0 spiro atoms. The summed E-state index contributed by atoms with van der Waals surface area (Å²) in [6.07, 6.45) is 0. The van der Waals surface area contributed by atoms with Gasteiger partial charge in [0.25, 0.3) is 5.69 Å². The van der Waals surface area contributed by atoms with Crippen LogP contribution in [-0.2, 0) is 6.54 Å². The van der Waals surface area contributed by atoms with Crippen LogP contribution < -0.4 is 10.2 Å².